The van der Waals surface area contributed by atoms with Gasteiger partial charge in [-0.1, -0.05) is 25.9 Å². The van der Waals surface area contributed by atoms with E-state index in [1.807, 2.05) is 20.8 Å². The fraction of sp³-hybridized carbons (Fsp3) is 0.727. The molecule has 1 unspecified atom stereocenters. The van der Waals surface area contributed by atoms with Gasteiger partial charge in [-0.15, -0.1) is 0 Å². The Kier molecular flexibility index (Phi) is 3.87. The number of hydrogen-bond acceptors (Lipinski definition) is 5. The van der Waals surface area contributed by atoms with Crippen LogP contribution in [0.5, 0.6) is 0 Å². The van der Waals surface area contributed by atoms with Crippen LogP contribution in [0, 0.1) is 0 Å². The smallest absolute Gasteiger partial charge is 0.248 e. The zero-order chi connectivity index (χ0) is 13.2. The first-order valence-corrected chi connectivity index (χ1v) is 5.62. The SMILES string of the molecule is CC(NC(=O)[C@H](C)N)c1nc(C(C)(C)C)no1. The Morgan fingerprint density at radius 3 is 2.41 bits per heavy atom. The Balaban J connectivity index is 2.74. The van der Waals surface area contributed by atoms with Crippen molar-refractivity contribution in [3.63, 3.8) is 0 Å². The van der Waals surface area contributed by atoms with Gasteiger partial charge < -0.3 is 15.6 Å². The van der Waals surface area contributed by atoms with E-state index in [-0.39, 0.29) is 17.4 Å². The Morgan fingerprint density at radius 1 is 1.41 bits per heavy atom. The molecular formula is C11H20N4O2. The van der Waals surface area contributed by atoms with E-state index in [0.29, 0.717) is 11.7 Å². The molecule has 0 aromatic carbocycles. The number of nitrogens with zero attached hydrogens (tertiary/aromatic N) is 2. The zero-order valence-corrected chi connectivity index (χ0v) is 10.9. The summed E-state index contributed by atoms with van der Waals surface area (Å²) in [5, 5.41) is 6.59. The Morgan fingerprint density at radius 2 is 2.00 bits per heavy atom. The predicted molar refractivity (Wildman–Crippen MR) is 63.2 cm³/mol. The van der Waals surface area contributed by atoms with E-state index >= 15 is 0 Å². The lowest BCUT2D eigenvalue weighted by molar-refractivity contribution is -0.122. The predicted octanol–water partition coefficient (Wildman–Crippen LogP) is 0.891. The first kappa shape index (κ1) is 13.6. The average molecular weight is 240 g/mol. The minimum Gasteiger partial charge on any atom is -0.343 e. The first-order valence-electron chi connectivity index (χ1n) is 5.62. The summed E-state index contributed by atoms with van der Waals surface area (Å²) in [4.78, 5) is 15.7. The molecule has 0 aliphatic carbocycles. The minimum atomic E-state index is -0.553. The van der Waals surface area contributed by atoms with E-state index in [9.17, 15) is 4.79 Å². The Labute approximate surface area is 101 Å². The van der Waals surface area contributed by atoms with E-state index in [1.54, 1.807) is 13.8 Å². The van der Waals surface area contributed by atoms with Crippen molar-refractivity contribution in [1.82, 2.24) is 15.5 Å². The molecule has 0 fully saturated rings. The van der Waals surface area contributed by atoms with E-state index in [0.717, 1.165) is 0 Å². The third-order valence-corrected chi connectivity index (χ3v) is 2.26. The van der Waals surface area contributed by atoms with Crippen LogP contribution in [0.1, 0.15) is 52.4 Å². The van der Waals surface area contributed by atoms with Crippen molar-refractivity contribution in [2.75, 3.05) is 0 Å². The number of amides is 1. The number of rotatable bonds is 3. The molecule has 0 radical (unpaired) electrons. The molecule has 1 heterocycles. The number of nitrogens with two attached hydrogens (primary N) is 1. The standard InChI is InChI=1S/C11H20N4O2/c1-6(12)8(16)13-7(2)9-14-10(15-17-9)11(3,4)5/h6-7H,12H2,1-5H3,(H,13,16)/t6-,7?/m0/s1. The van der Waals surface area contributed by atoms with Crippen LogP contribution in [0.25, 0.3) is 0 Å². The summed E-state index contributed by atoms with van der Waals surface area (Å²) in [5.74, 6) is 0.770. The van der Waals surface area contributed by atoms with E-state index < -0.39 is 6.04 Å². The summed E-state index contributed by atoms with van der Waals surface area (Å²) in [7, 11) is 0. The van der Waals surface area contributed by atoms with Crippen molar-refractivity contribution in [3.8, 4) is 0 Å². The lowest BCUT2D eigenvalue weighted by atomic mass is 9.96. The van der Waals surface area contributed by atoms with Crippen LogP contribution in [-0.4, -0.2) is 22.1 Å². The van der Waals surface area contributed by atoms with Gasteiger partial charge in [0.1, 0.15) is 6.04 Å². The first-order chi connectivity index (χ1) is 7.71. The number of carbonyl (C=O) groups is 1. The molecule has 1 aromatic rings. The number of carbonyl (C=O) groups excluding carboxylic acids is 1. The third kappa shape index (κ3) is 3.52. The molecule has 1 rings (SSSR count). The molecule has 6 heteroatoms. The van der Waals surface area contributed by atoms with Gasteiger partial charge in [-0.25, -0.2) is 0 Å². The van der Waals surface area contributed by atoms with Crippen LogP contribution in [-0.2, 0) is 10.2 Å². The van der Waals surface area contributed by atoms with Gasteiger partial charge in [-0.3, -0.25) is 4.79 Å². The molecule has 17 heavy (non-hydrogen) atoms. The van der Waals surface area contributed by atoms with Gasteiger partial charge in [-0.2, -0.15) is 4.98 Å². The molecule has 0 spiro atoms. The van der Waals surface area contributed by atoms with Gasteiger partial charge >= 0.3 is 0 Å². The van der Waals surface area contributed by atoms with E-state index in [1.165, 1.54) is 0 Å². The van der Waals surface area contributed by atoms with Crippen LogP contribution in [0.15, 0.2) is 4.52 Å². The number of nitrogens with one attached hydrogen (secondary N) is 1. The van der Waals surface area contributed by atoms with Gasteiger partial charge in [0.05, 0.1) is 6.04 Å². The normalized spacial score (nSPS) is 15.4. The van der Waals surface area contributed by atoms with Crippen molar-refractivity contribution in [2.45, 2.75) is 52.1 Å². The van der Waals surface area contributed by atoms with Gasteiger partial charge in [0.25, 0.3) is 0 Å². The average Bonchev–Trinajstić information content (AvgIpc) is 2.65. The highest BCUT2D eigenvalue weighted by Gasteiger charge is 2.24. The maximum Gasteiger partial charge on any atom is 0.248 e. The lowest BCUT2D eigenvalue weighted by Crippen LogP contribution is -2.39. The molecule has 1 aromatic heterocycles. The molecular weight excluding hydrogens is 220 g/mol. The van der Waals surface area contributed by atoms with Crippen molar-refractivity contribution in [1.29, 1.82) is 0 Å². The van der Waals surface area contributed by atoms with Gasteiger partial charge in [-0.05, 0) is 13.8 Å². The molecule has 1 amide bonds. The molecule has 2 atom stereocenters. The summed E-state index contributed by atoms with van der Waals surface area (Å²) in [6.07, 6.45) is 0. The molecule has 0 bridgehead atoms. The monoisotopic (exact) mass is 240 g/mol. The summed E-state index contributed by atoms with van der Waals surface area (Å²) < 4.78 is 5.12. The molecule has 0 aliphatic rings. The second kappa shape index (κ2) is 4.83. The second-order valence-electron chi connectivity index (χ2n) is 5.23. The summed E-state index contributed by atoms with van der Waals surface area (Å²) >= 11 is 0. The summed E-state index contributed by atoms with van der Waals surface area (Å²) in [6, 6.07) is -0.889. The molecule has 96 valence electrons. The van der Waals surface area contributed by atoms with E-state index in [2.05, 4.69) is 15.5 Å². The highest BCUT2D eigenvalue weighted by molar-refractivity contribution is 5.81. The van der Waals surface area contributed by atoms with Crippen LogP contribution in [0.2, 0.25) is 0 Å². The van der Waals surface area contributed by atoms with Gasteiger partial charge in [0.2, 0.25) is 11.8 Å². The van der Waals surface area contributed by atoms with Crippen molar-refractivity contribution in [2.24, 2.45) is 5.73 Å². The summed E-state index contributed by atoms with van der Waals surface area (Å²) in [5.41, 5.74) is 5.28. The molecule has 0 saturated heterocycles. The quantitative estimate of drug-likeness (QED) is 0.818. The second-order valence-corrected chi connectivity index (χ2v) is 5.23. The Hall–Kier alpha value is -1.43. The number of aromatic nitrogens is 2. The van der Waals surface area contributed by atoms with Crippen LogP contribution in [0.3, 0.4) is 0 Å². The lowest BCUT2D eigenvalue weighted by Gasteiger charge is -2.12. The van der Waals surface area contributed by atoms with Crippen LogP contribution >= 0.6 is 0 Å². The molecule has 0 saturated carbocycles. The van der Waals surface area contributed by atoms with Crippen molar-refractivity contribution < 1.29 is 9.32 Å². The molecule has 3 N–H and O–H groups in total. The summed E-state index contributed by atoms with van der Waals surface area (Å²) in [6.45, 7) is 9.38. The number of hydrogen-bond donors (Lipinski definition) is 2. The highest BCUT2D eigenvalue weighted by Crippen LogP contribution is 2.20. The van der Waals surface area contributed by atoms with Crippen LogP contribution < -0.4 is 11.1 Å². The topological polar surface area (TPSA) is 94.0 Å². The third-order valence-electron chi connectivity index (χ3n) is 2.26. The Bertz CT molecular complexity index is 392. The van der Waals surface area contributed by atoms with E-state index in [4.69, 9.17) is 10.3 Å². The largest absolute Gasteiger partial charge is 0.343 e. The zero-order valence-electron chi connectivity index (χ0n) is 10.9. The minimum absolute atomic E-state index is 0.174. The van der Waals surface area contributed by atoms with Crippen molar-refractivity contribution in [3.05, 3.63) is 11.7 Å². The maximum absolute atomic E-state index is 11.4. The molecule has 0 aliphatic heterocycles. The fourth-order valence-electron chi connectivity index (χ4n) is 1.12. The van der Waals surface area contributed by atoms with Gasteiger partial charge in [0, 0.05) is 5.41 Å². The fourth-order valence-corrected chi connectivity index (χ4v) is 1.12. The maximum atomic E-state index is 11.4. The molecule has 6 nitrogen and oxygen atoms in total. The van der Waals surface area contributed by atoms with Crippen molar-refractivity contribution >= 4 is 5.91 Å². The highest BCUT2D eigenvalue weighted by atomic mass is 16.5. The van der Waals surface area contributed by atoms with Gasteiger partial charge in [0.15, 0.2) is 5.82 Å². The van der Waals surface area contributed by atoms with Crippen LogP contribution in [0.4, 0.5) is 0 Å².